The number of hydrogen-bond donors (Lipinski definition) is 1. The maximum absolute atomic E-state index is 9.32. The van der Waals surface area contributed by atoms with Crippen molar-refractivity contribution in [2.45, 2.75) is 33.2 Å². The number of aliphatic hydroxyl groups excluding tert-OH is 1. The lowest BCUT2D eigenvalue weighted by molar-refractivity contribution is 0.215. The van der Waals surface area contributed by atoms with E-state index in [0.717, 1.165) is 16.9 Å². The van der Waals surface area contributed by atoms with Crippen LogP contribution in [0.3, 0.4) is 0 Å². The number of hydrogen-bond acceptors (Lipinski definition) is 4. The van der Waals surface area contributed by atoms with Gasteiger partial charge in [-0.25, -0.2) is 0 Å². The molecule has 4 nitrogen and oxygen atoms in total. The van der Waals surface area contributed by atoms with Crippen LogP contribution in [0, 0.1) is 13.8 Å². The van der Waals surface area contributed by atoms with E-state index < -0.39 is 0 Å². The number of aliphatic hydroxyl groups is 1. The van der Waals surface area contributed by atoms with Crippen molar-refractivity contribution < 1.29 is 5.11 Å². The normalized spacial score (nSPS) is 11.7. The smallest absolute Gasteiger partial charge is 0.155 e. The van der Waals surface area contributed by atoms with Crippen molar-refractivity contribution >= 4 is 17.4 Å². The lowest BCUT2D eigenvalue weighted by atomic mass is 10.0. The number of halogens is 1. The summed E-state index contributed by atoms with van der Waals surface area (Å²) in [6.45, 7) is 7.80. The van der Waals surface area contributed by atoms with Gasteiger partial charge < -0.3 is 10.0 Å². The van der Waals surface area contributed by atoms with Crippen LogP contribution in [0.2, 0.25) is 5.15 Å². The molecule has 1 aromatic heterocycles. The molecule has 5 heteroatoms. The van der Waals surface area contributed by atoms with Gasteiger partial charge in [-0.15, -0.1) is 10.2 Å². The van der Waals surface area contributed by atoms with Crippen LogP contribution in [0.5, 0.6) is 0 Å². The first-order chi connectivity index (χ1) is 7.31. The first-order valence-electron chi connectivity index (χ1n) is 5.15. The largest absolute Gasteiger partial charge is 0.394 e. The van der Waals surface area contributed by atoms with Gasteiger partial charge in [0, 0.05) is 7.05 Å². The van der Waals surface area contributed by atoms with E-state index in [1.165, 1.54) is 0 Å². The Kier molecular flexibility index (Phi) is 3.76. The van der Waals surface area contributed by atoms with E-state index in [1.807, 2.05) is 39.6 Å². The Morgan fingerprint density at radius 2 is 1.81 bits per heavy atom. The number of anilines is 1. The van der Waals surface area contributed by atoms with Crippen LogP contribution in [0.15, 0.2) is 0 Å². The summed E-state index contributed by atoms with van der Waals surface area (Å²) in [4.78, 5) is 1.92. The maximum atomic E-state index is 9.32. The summed E-state index contributed by atoms with van der Waals surface area (Å²) in [7, 11) is 1.89. The average molecular weight is 244 g/mol. The van der Waals surface area contributed by atoms with Gasteiger partial charge in [-0.2, -0.15) is 0 Å². The van der Waals surface area contributed by atoms with E-state index in [2.05, 4.69) is 10.2 Å². The Morgan fingerprint density at radius 3 is 2.31 bits per heavy atom. The number of rotatable bonds is 3. The molecular weight excluding hydrogens is 226 g/mol. The van der Waals surface area contributed by atoms with E-state index in [0.29, 0.717) is 5.15 Å². The Balaban J connectivity index is 3.20. The molecule has 0 saturated carbocycles. The van der Waals surface area contributed by atoms with Crippen LogP contribution < -0.4 is 4.90 Å². The summed E-state index contributed by atoms with van der Waals surface area (Å²) in [6, 6.07) is 0. The molecule has 0 aliphatic carbocycles. The van der Waals surface area contributed by atoms with E-state index in [9.17, 15) is 5.11 Å². The fourth-order valence-electron chi connectivity index (χ4n) is 1.28. The SMILES string of the molecule is Cc1c(Cl)nnc(N(C)C(C)(C)CO)c1C. The molecular formula is C11H18ClN3O. The van der Waals surface area contributed by atoms with Crippen LogP contribution in [0.25, 0.3) is 0 Å². The summed E-state index contributed by atoms with van der Waals surface area (Å²) in [5, 5.41) is 17.7. The van der Waals surface area contributed by atoms with E-state index in [4.69, 9.17) is 11.6 Å². The minimum absolute atomic E-state index is 0.0479. The molecule has 0 saturated heterocycles. The zero-order valence-corrected chi connectivity index (χ0v) is 11.1. The second-order valence-corrected chi connectivity index (χ2v) is 4.95. The van der Waals surface area contributed by atoms with Crippen LogP contribution in [-0.2, 0) is 0 Å². The Labute approximate surface area is 101 Å². The Bertz CT molecular complexity index is 393. The van der Waals surface area contributed by atoms with Crippen LogP contribution in [0.1, 0.15) is 25.0 Å². The van der Waals surface area contributed by atoms with Crippen LogP contribution in [-0.4, -0.2) is 34.5 Å². The number of likely N-dealkylation sites (N-methyl/N-ethyl adjacent to an activating group) is 1. The third kappa shape index (κ3) is 2.28. The molecule has 0 bridgehead atoms. The van der Waals surface area contributed by atoms with Crippen molar-refractivity contribution in [2.24, 2.45) is 0 Å². The third-order valence-corrected chi connectivity index (χ3v) is 3.41. The van der Waals surface area contributed by atoms with Crippen LogP contribution >= 0.6 is 11.6 Å². The highest BCUT2D eigenvalue weighted by molar-refractivity contribution is 6.30. The van der Waals surface area contributed by atoms with Gasteiger partial charge in [-0.1, -0.05) is 11.6 Å². The monoisotopic (exact) mass is 243 g/mol. The second-order valence-electron chi connectivity index (χ2n) is 4.59. The first kappa shape index (κ1) is 13.2. The number of aromatic nitrogens is 2. The van der Waals surface area contributed by atoms with Gasteiger partial charge in [0.2, 0.25) is 0 Å². The molecule has 1 aromatic rings. The summed E-state index contributed by atoms with van der Waals surface area (Å²) in [6.07, 6.45) is 0. The topological polar surface area (TPSA) is 49.2 Å². The van der Waals surface area contributed by atoms with E-state index in [1.54, 1.807) is 0 Å². The molecule has 0 aliphatic rings. The van der Waals surface area contributed by atoms with Crippen LogP contribution in [0.4, 0.5) is 5.82 Å². The van der Waals surface area contributed by atoms with Gasteiger partial charge in [0.05, 0.1) is 12.1 Å². The standard InChI is InChI=1S/C11H18ClN3O/c1-7-8(2)10(14-13-9(7)12)15(5)11(3,4)6-16/h16H,6H2,1-5H3. The molecule has 0 aliphatic heterocycles. The van der Waals surface area contributed by atoms with Crippen molar-refractivity contribution in [3.05, 3.63) is 16.3 Å². The molecule has 0 atom stereocenters. The Hall–Kier alpha value is -0.870. The van der Waals surface area contributed by atoms with Crippen molar-refractivity contribution in [1.82, 2.24) is 10.2 Å². The molecule has 0 fully saturated rings. The quantitative estimate of drug-likeness (QED) is 0.882. The number of nitrogens with zero attached hydrogens (tertiary/aromatic N) is 3. The first-order valence-corrected chi connectivity index (χ1v) is 5.53. The van der Waals surface area contributed by atoms with Crippen molar-refractivity contribution in [2.75, 3.05) is 18.6 Å². The predicted molar refractivity (Wildman–Crippen MR) is 66.1 cm³/mol. The summed E-state index contributed by atoms with van der Waals surface area (Å²) >= 11 is 5.90. The highest BCUT2D eigenvalue weighted by atomic mass is 35.5. The molecule has 0 unspecified atom stereocenters. The summed E-state index contributed by atoms with van der Waals surface area (Å²) < 4.78 is 0. The average Bonchev–Trinajstić information content (AvgIpc) is 2.25. The van der Waals surface area contributed by atoms with Gasteiger partial charge in [-0.3, -0.25) is 0 Å². The molecule has 0 radical (unpaired) electrons. The molecule has 0 amide bonds. The molecule has 90 valence electrons. The van der Waals surface area contributed by atoms with E-state index in [-0.39, 0.29) is 12.1 Å². The lowest BCUT2D eigenvalue weighted by Gasteiger charge is -2.35. The zero-order valence-electron chi connectivity index (χ0n) is 10.4. The molecule has 0 spiro atoms. The zero-order chi connectivity index (χ0) is 12.5. The highest BCUT2D eigenvalue weighted by Gasteiger charge is 2.26. The molecule has 1 heterocycles. The van der Waals surface area contributed by atoms with Gasteiger partial charge >= 0.3 is 0 Å². The van der Waals surface area contributed by atoms with Gasteiger partial charge in [0.15, 0.2) is 11.0 Å². The van der Waals surface area contributed by atoms with E-state index >= 15 is 0 Å². The predicted octanol–water partition coefficient (Wildman–Crippen LogP) is 1.95. The van der Waals surface area contributed by atoms with Gasteiger partial charge in [0.25, 0.3) is 0 Å². The fraction of sp³-hybridized carbons (Fsp3) is 0.636. The molecule has 1 rings (SSSR count). The summed E-state index contributed by atoms with van der Waals surface area (Å²) in [5.41, 5.74) is 1.54. The van der Waals surface area contributed by atoms with Crippen molar-refractivity contribution in [1.29, 1.82) is 0 Å². The lowest BCUT2D eigenvalue weighted by Crippen LogP contribution is -2.45. The van der Waals surface area contributed by atoms with Crippen molar-refractivity contribution in [3.8, 4) is 0 Å². The van der Waals surface area contributed by atoms with Crippen molar-refractivity contribution in [3.63, 3.8) is 0 Å². The summed E-state index contributed by atoms with van der Waals surface area (Å²) in [5.74, 6) is 0.751. The third-order valence-electron chi connectivity index (χ3n) is 3.05. The minimum atomic E-state index is -0.375. The Morgan fingerprint density at radius 1 is 1.25 bits per heavy atom. The fourth-order valence-corrected chi connectivity index (χ4v) is 1.45. The highest BCUT2D eigenvalue weighted by Crippen LogP contribution is 2.27. The van der Waals surface area contributed by atoms with Gasteiger partial charge in [-0.05, 0) is 38.8 Å². The second kappa shape index (κ2) is 4.55. The molecule has 16 heavy (non-hydrogen) atoms. The molecule has 1 N–H and O–H groups in total. The minimum Gasteiger partial charge on any atom is -0.394 e. The molecule has 0 aromatic carbocycles. The van der Waals surface area contributed by atoms with Gasteiger partial charge in [0.1, 0.15) is 0 Å². The maximum Gasteiger partial charge on any atom is 0.155 e.